The second-order valence-corrected chi connectivity index (χ2v) is 5.70. The maximum Gasteiger partial charge on any atom is 0.249 e. The Hall–Kier alpha value is -2.06. The lowest BCUT2D eigenvalue weighted by molar-refractivity contribution is -0.114. The van der Waals surface area contributed by atoms with E-state index in [1.807, 2.05) is 12.3 Å². The smallest absolute Gasteiger partial charge is 0.249 e. The van der Waals surface area contributed by atoms with Gasteiger partial charge in [-0.05, 0) is 13.0 Å². The molecule has 20 heavy (non-hydrogen) atoms. The van der Waals surface area contributed by atoms with Crippen molar-refractivity contribution < 1.29 is 9.59 Å². The molecule has 0 bridgehead atoms. The van der Waals surface area contributed by atoms with E-state index in [9.17, 15) is 9.59 Å². The number of thiazole rings is 2. The number of carbonyl (C=O) groups excluding carboxylic acids is 2. The molecule has 2 rings (SSSR count). The van der Waals surface area contributed by atoms with Crippen molar-refractivity contribution in [1.82, 2.24) is 9.97 Å². The molecule has 0 aliphatic rings. The summed E-state index contributed by atoms with van der Waals surface area (Å²) in [5, 5.41) is 8.12. The standard InChI is InChI=1S/C12H12N4O2S2/c1-4-9(18)16-11-15-8(5-19-11)10-6(2)13-12(20-10)14-7(3)17/h4-5H,1H2,2-3H3,(H,13,14,17)(H,15,16,18). The zero-order valence-electron chi connectivity index (χ0n) is 10.9. The average molecular weight is 308 g/mol. The second kappa shape index (κ2) is 5.93. The first-order valence-electron chi connectivity index (χ1n) is 5.64. The van der Waals surface area contributed by atoms with Crippen LogP contribution < -0.4 is 10.6 Å². The van der Waals surface area contributed by atoms with Crippen LogP contribution in [-0.2, 0) is 9.59 Å². The van der Waals surface area contributed by atoms with Crippen molar-refractivity contribution in [2.75, 3.05) is 10.6 Å². The molecule has 0 fully saturated rings. The van der Waals surface area contributed by atoms with Gasteiger partial charge in [0.05, 0.1) is 16.3 Å². The van der Waals surface area contributed by atoms with Gasteiger partial charge in [-0.25, -0.2) is 9.97 Å². The highest BCUT2D eigenvalue weighted by molar-refractivity contribution is 7.20. The minimum absolute atomic E-state index is 0.164. The Balaban J connectivity index is 2.23. The van der Waals surface area contributed by atoms with Gasteiger partial charge >= 0.3 is 0 Å². The largest absolute Gasteiger partial charge is 0.302 e. The minimum atomic E-state index is -0.300. The van der Waals surface area contributed by atoms with Crippen molar-refractivity contribution in [3.05, 3.63) is 23.7 Å². The summed E-state index contributed by atoms with van der Waals surface area (Å²) in [5.74, 6) is -0.464. The zero-order valence-corrected chi connectivity index (χ0v) is 12.5. The number of hydrogen-bond acceptors (Lipinski definition) is 6. The lowest BCUT2D eigenvalue weighted by Gasteiger charge is -1.94. The second-order valence-electron chi connectivity index (χ2n) is 3.85. The van der Waals surface area contributed by atoms with Crippen LogP contribution in [0.25, 0.3) is 10.6 Å². The van der Waals surface area contributed by atoms with Crippen molar-refractivity contribution >= 4 is 44.8 Å². The van der Waals surface area contributed by atoms with E-state index in [4.69, 9.17) is 0 Å². The Kier molecular flexibility index (Phi) is 4.26. The molecule has 0 aliphatic carbocycles. The van der Waals surface area contributed by atoms with Gasteiger partial charge in [0.25, 0.3) is 0 Å². The van der Waals surface area contributed by atoms with Crippen LogP contribution in [0.4, 0.5) is 10.3 Å². The molecule has 0 aliphatic heterocycles. The number of nitrogens with one attached hydrogen (secondary N) is 2. The van der Waals surface area contributed by atoms with E-state index in [1.54, 1.807) is 0 Å². The molecule has 0 radical (unpaired) electrons. The fraction of sp³-hybridized carbons (Fsp3) is 0.167. The SMILES string of the molecule is C=CC(=O)Nc1nc(-c2sc(NC(C)=O)nc2C)cs1. The first-order chi connectivity index (χ1) is 9.49. The normalized spacial score (nSPS) is 10.1. The summed E-state index contributed by atoms with van der Waals surface area (Å²) in [5.41, 5.74) is 1.51. The first kappa shape index (κ1) is 14.4. The molecule has 0 aromatic carbocycles. The monoisotopic (exact) mass is 308 g/mol. The third-order valence-corrected chi connectivity index (χ3v) is 4.09. The van der Waals surface area contributed by atoms with Crippen molar-refractivity contribution in [2.45, 2.75) is 13.8 Å². The van der Waals surface area contributed by atoms with E-state index in [-0.39, 0.29) is 11.8 Å². The molecule has 6 nitrogen and oxygen atoms in total. The molecule has 2 amide bonds. The van der Waals surface area contributed by atoms with Gasteiger partial charge in [0, 0.05) is 12.3 Å². The fourth-order valence-corrected chi connectivity index (χ4v) is 3.18. The molecule has 2 aromatic rings. The van der Waals surface area contributed by atoms with Crippen LogP contribution in [0.15, 0.2) is 18.0 Å². The van der Waals surface area contributed by atoms with E-state index in [1.165, 1.54) is 35.7 Å². The molecule has 2 heterocycles. The van der Waals surface area contributed by atoms with E-state index in [0.29, 0.717) is 10.3 Å². The average Bonchev–Trinajstić information content (AvgIpc) is 2.95. The Morgan fingerprint density at radius 1 is 1.30 bits per heavy atom. The molecule has 0 saturated heterocycles. The number of hydrogen-bond donors (Lipinski definition) is 2. The number of rotatable bonds is 4. The Labute approximate surface area is 123 Å². The van der Waals surface area contributed by atoms with Crippen molar-refractivity contribution in [3.8, 4) is 10.6 Å². The van der Waals surface area contributed by atoms with Crippen molar-refractivity contribution in [1.29, 1.82) is 0 Å². The maximum atomic E-state index is 11.2. The van der Waals surface area contributed by atoms with Gasteiger partial charge in [-0.2, -0.15) is 0 Å². The molecule has 0 atom stereocenters. The Morgan fingerprint density at radius 2 is 2.05 bits per heavy atom. The lowest BCUT2D eigenvalue weighted by atomic mass is 10.3. The molecule has 0 spiro atoms. The molecule has 0 saturated carbocycles. The van der Waals surface area contributed by atoms with Crippen LogP contribution in [0.1, 0.15) is 12.6 Å². The van der Waals surface area contributed by atoms with Crippen LogP contribution in [0, 0.1) is 6.92 Å². The quantitative estimate of drug-likeness (QED) is 0.850. The van der Waals surface area contributed by atoms with Gasteiger partial charge in [0.1, 0.15) is 0 Å². The predicted molar refractivity (Wildman–Crippen MR) is 81.1 cm³/mol. The zero-order chi connectivity index (χ0) is 14.7. The fourth-order valence-electron chi connectivity index (χ4n) is 1.43. The lowest BCUT2D eigenvalue weighted by Crippen LogP contribution is -2.06. The summed E-state index contributed by atoms with van der Waals surface area (Å²) in [6.45, 7) is 6.66. The van der Waals surface area contributed by atoms with E-state index in [0.717, 1.165) is 16.3 Å². The van der Waals surface area contributed by atoms with Crippen LogP contribution in [0.5, 0.6) is 0 Å². The maximum absolute atomic E-state index is 11.2. The Morgan fingerprint density at radius 3 is 2.70 bits per heavy atom. The number of carbonyl (C=O) groups is 2. The number of amides is 2. The summed E-state index contributed by atoms with van der Waals surface area (Å²) >= 11 is 2.67. The van der Waals surface area contributed by atoms with Crippen LogP contribution >= 0.6 is 22.7 Å². The minimum Gasteiger partial charge on any atom is -0.302 e. The number of anilines is 2. The Bertz CT molecular complexity index is 675. The van der Waals surface area contributed by atoms with Gasteiger partial charge in [-0.3, -0.25) is 14.9 Å². The summed E-state index contributed by atoms with van der Waals surface area (Å²) in [6, 6.07) is 0. The molecule has 2 aromatic heterocycles. The molecular weight excluding hydrogens is 296 g/mol. The molecule has 0 unspecified atom stereocenters. The van der Waals surface area contributed by atoms with Crippen LogP contribution in [0.2, 0.25) is 0 Å². The van der Waals surface area contributed by atoms with Crippen molar-refractivity contribution in [2.24, 2.45) is 0 Å². The highest BCUT2D eigenvalue weighted by atomic mass is 32.1. The summed E-state index contributed by atoms with van der Waals surface area (Å²) in [4.78, 5) is 31.7. The van der Waals surface area contributed by atoms with Crippen molar-refractivity contribution in [3.63, 3.8) is 0 Å². The summed E-state index contributed by atoms with van der Waals surface area (Å²) in [7, 11) is 0. The topological polar surface area (TPSA) is 84.0 Å². The molecular formula is C12H12N4O2S2. The number of nitrogens with zero attached hydrogens (tertiary/aromatic N) is 2. The van der Waals surface area contributed by atoms with Crippen LogP contribution in [-0.4, -0.2) is 21.8 Å². The molecule has 104 valence electrons. The van der Waals surface area contributed by atoms with E-state index >= 15 is 0 Å². The summed E-state index contributed by atoms with van der Waals surface area (Å²) < 4.78 is 0. The summed E-state index contributed by atoms with van der Waals surface area (Å²) in [6.07, 6.45) is 1.19. The van der Waals surface area contributed by atoms with Gasteiger partial charge < -0.3 is 5.32 Å². The molecule has 2 N–H and O–H groups in total. The highest BCUT2D eigenvalue weighted by Crippen LogP contribution is 2.34. The van der Waals surface area contributed by atoms with Gasteiger partial charge in [0.15, 0.2) is 10.3 Å². The van der Waals surface area contributed by atoms with Gasteiger partial charge in [-0.15, -0.1) is 11.3 Å². The third-order valence-electron chi connectivity index (χ3n) is 2.23. The number of aryl methyl sites for hydroxylation is 1. The van der Waals surface area contributed by atoms with Gasteiger partial charge in [0.2, 0.25) is 11.8 Å². The van der Waals surface area contributed by atoms with E-state index in [2.05, 4.69) is 27.2 Å². The first-order valence-corrected chi connectivity index (χ1v) is 7.33. The molecule has 8 heteroatoms. The third kappa shape index (κ3) is 3.28. The highest BCUT2D eigenvalue weighted by Gasteiger charge is 2.14. The number of aromatic nitrogens is 2. The van der Waals surface area contributed by atoms with Crippen LogP contribution in [0.3, 0.4) is 0 Å². The predicted octanol–water partition coefficient (Wildman–Crippen LogP) is 2.66. The van der Waals surface area contributed by atoms with Gasteiger partial charge in [-0.1, -0.05) is 17.9 Å². The van der Waals surface area contributed by atoms with E-state index < -0.39 is 0 Å².